The fourth-order valence-corrected chi connectivity index (χ4v) is 2.75. The van der Waals surface area contributed by atoms with Crippen molar-refractivity contribution in [2.45, 2.75) is 32.4 Å². The highest BCUT2D eigenvalue weighted by Gasteiger charge is 2.04. The zero-order valence-corrected chi connectivity index (χ0v) is 13.1. The van der Waals surface area contributed by atoms with Crippen LogP contribution in [0.15, 0.2) is 60.9 Å². The zero-order chi connectivity index (χ0) is 15.2. The minimum Gasteiger partial charge on any atom is -0.329 e. The minimum atomic E-state index is 0.523. The molecule has 3 nitrogen and oxygen atoms in total. The number of aromatic nitrogens is 2. The van der Waals surface area contributed by atoms with E-state index in [0.717, 1.165) is 31.4 Å². The summed E-state index contributed by atoms with van der Waals surface area (Å²) in [5.74, 6) is 0. The normalized spacial score (nSPS) is 12.6. The Labute approximate surface area is 132 Å². The van der Waals surface area contributed by atoms with E-state index in [-0.39, 0.29) is 0 Å². The molecular formula is C19H23N3. The van der Waals surface area contributed by atoms with Gasteiger partial charge in [0.15, 0.2) is 0 Å². The molecule has 22 heavy (non-hydrogen) atoms. The van der Waals surface area contributed by atoms with Crippen molar-refractivity contribution >= 4 is 11.0 Å². The Morgan fingerprint density at radius 3 is 2.68 bits per heavy atom. The molecule has 0 saturated carbocycles. The fourth-order valence-electron chi connectivity index (χ4n) is 2.75. The molecule has 3 rings (SSSR count). The molecular weight excluding hydrogens is 270 g/mol. The second-order valence-corrected chi connectivity index (χ2v) is 5.81. The summed E-state index contributed by atoms with van der Waals surface area (Å²) in [6.07, 6.45) is 4.22. The lowest BCUT2D eigenvalue weighted by Gasteiger charge is -2.14. The van der Waals surface area contributed by atoms with E-state index in [1.165, 1.54) is 11.1 Å². The number of nitrogens with one attached hydrogen (secondary N) is 1. The van der Waals surface area contributed by atoms with Crippen LogP contribution in [0.5, 0.6) is 0 Å². The second kappa shape index (κ2) is 7.23. The van der Waals surface area contributed by atoms with E-state index in [2.05, 4.69) is 70.3 Å². The van der Waals surface area contributed by atoms with Crippen molar-refractivity contribution in [2.75, 3.05) is 6.54 Å². The summed E-state index contributed by atoms with van der Waals surface area (Å²) >= 11 is 0. The molecule has 3 aromatic rings. The number of benzene rings is 2. The van der Waals surface area contributed by atoms with Gasteiger partial charge in [0.05, 0.1) is 17.4 Å². The topological polar surface area (TPSA) is 29.9 Å². The first kappa shape index (κ1) is 14.8. The van der Waals surface area contributed by atoms with Gasteiger partial charge in [0.25, 0.3) is 0 Å². The van der Waals surface area contributed by atoms with Gasteiger partial charge in [-0.15, -0.1) is 0 Å². The highest BCUT2D eigenvalue weighted by Crippen LogP contribution is 2.11. The lowest BCUT2D eigenvalue weighted by atomic mass is 10.1. The van der Waals surface area contributed by atoms with E-state index in [1.54, 1.807) is 0 Å². The van der Waals surface area contributed by atoms with Gasteiger partial charge in [-0.25, -0.2) is 4.98 Å². The second-order valence-electron chi connectivity index (χ2n) is 5.81. The third-order valence-corrected chi connectivity index (χ3v) is 4.08. The zero-order valence-electron chi connectivity index (χ0n) is 13.1. The van der Waals surface area contributed by atoms with Crippen LogP contribution in [0.3, 0.4) is 0 Å². The Hall–Kier alpha value is -2.13. The van der Waals surface area contributed by atoms with Crippen LogP contribution in [0, 0.1) is 0 Å². The highest BCUT2D eigenvalue weighted by molar-refractivity contribution is 5.74. The lowest BCUT2D eigenvalue weighted by molar-refractivity contribution is 0.493. The highest BCUT2D eigenvalue weighted by atomic mass is 15.1. The van der Waals surface area contributed by atoms with Crippen LogP contribution in [-0.2, 0) is 13.0 Å². The number of hydrogen-bond donors (Lipinski definition) is 1. The molecule has 0 aliphatic heterocycles. The average Bonchev–Trinajstić information content (AvgIpc) is 2.97. The predicted molar refractivity (Wildman–Crippen MR) is 92.0 cm³/mol. The van der Waals surface area contributed by atoms with E-state index in [0.29, 0.717) is 6.04 Å². The average molecular weight is 293 g/mol. The molecule has 114 valence electrons. The molecule has 1 atom stereocenters. The minimum absolute atomic E-state index is 0.523. The van der Waals surface area contributed by atoms with Crippen LogP contribution in [0.1, 0.15) is 18.9 Å². The molecule has 3 heteroatoms. The fraction of sp³-hybridized carbons (Fsp3) is 0.316. The molecule has 1 N–H and O–H groups in total. The van der Waals surface area contributed by atoms with Crippen molar-refractivity contribution in [2.24, 2.45) is 0 Å². The Bertz CT molecular complexity index is 703. The molecule has 0 spiro atoms. The van der Waals surface area contributed by atoms with E-state index in [1.807, 2.05) is 12.4 Å². The van der Waals surface area contributed by atoms with E-state index >= 15 is 0 Å². The summed E-state index contributed by atoms with van der Waals surface area (Å²) < 4.78 is 2.21. The number of imidazole rings is 1. The van der Waals surface area contributed by atoms with Crippen molar-refractivity contribution < 1.29 is 0 Å². The van der Waals surface area contributed by atoms with Crippen molar-refractivity contribution in [1.82, 2.24) is 14.9 Å². The molecule has 1 heterocycles. The van der Waals surface area contributed by atoms with Gasteiger partial charge in [-0.05, 0) is 37.5 Å². The maximum absolute atomic E-state index is 4.43. The number of fused-ring (bicyclic) bond motifs is 1. The molecule has 0 radical (unpaired) electrons. The summed E-state index contributed by atoms with van der Waals surface area (Å²) in [6.45, 7) is 4.18. The maximum atomic E-state index is 4.43. The molecule has 0 amide bonds. The van der Waals surface area contributed by atoms with Crippen molar-refractivity contribution in [1.29, 1.82) is 0 Å². The van der Waals surface area contributed by atoms with Crippen molar-refractivity contribution in [3.05, 3.63) is 66.5 Å². The Morgan fingerprint density at radius 2 is 1.82 bits per heavy atom. The molecule has 0 aliphatic carbocycles. The molecule has 0 saturated heterocycles. The molecule has 0 unspecified atom stereocenters. The smallest absolute Gasteiger partial charge is 0.0958 e. The van der Waals surface area contributed by atoms with Crippen LogP contribution in [-0.4, -0.2) is 22.1 Å². The Morgan fingerprint density at radius 1 is 1.05 bits per heavy atom. The van der Waals surface area contributed by atoms with Crippen molar-refractivity contribution in [3.8, 4) is 0 Å². The maximum Gasteiger partial charge on any atom is 0.0958 e. The van der Waals surface area contributed by atoms with E-state index < -0.39 is 0 Å². The summed E-state index contributed by atoms with van der Waals surface area (Å²) in [5.41, 5.74) is 3.69. The Balaban J connectivity index is 1.44. The number of aryl methyl sites for hydroxylation is 1. The largest absolute Gasteiger partial charge is 0.329 e. The van der Waals surface area contributed by atoms with Gasteiger partial charge in [-0.3, -0.25) is 0 Å². The number of nitrogens with zero attached hydrogens (tertiary/aromatic N) is 2. The van der Waals surface area contributed by atoms with Crippen LogP contribution in [0.2, 0.25) is 0 Å². The first-order chi connectivity index (χ1) is 10.8. The quantitative estimate of drug-likeness (QED) is 0.720. The summed E-state index contributed by atoms with van der Waals surface area (Å²) in [4.78, 5) is 4.43. The van der Waals surface area contributed by atoms with Gasteiger partial charge in [-0.1, -0.05) is 42.5 Å². The van der Waals surface area contributed by atoms with Gasteiger partial charge in [0.1, 0.15) is 0 Å². The molecule has 2 aromatic carbocycles. The SMILES string of the molecule is C[C@H](CCc1ccccc1)NCCn1cnc2ccccc21. The molecule has 0 bridgehead atoms. The number of para-hydroxylation sites is 2. The first-order valence-electron chi connectivity index (χ1n) is 8.00. The summed E-state index contributed by atoms with van der Waals surface area (Å²) in [7, 11) is 0. The molecule has 0 aliphatic rings. The lowest BCUT2D eigenvalue weighted by Crippen LogP contribution is -2.29. The van der Waals surface area contributed by atoms with Gasteiger partial charge >= 0.3 is 0 Å². The third kappa shape index (κ3) is 3.74. The third-order valence-electron chi connectivity index (χ3n) is 4.08. The van der Waals surface area contributed by atoms with Crippen LogP contribution in [0.25, 0.3) is 11.0 Å². The van der Waals surface area contributed by atoms with Crippen molar-refractivity contribution in [3.63, 3.8) is 0 Å². The first-order valence-corrected chi connectivity index (χ1v) is 8.00. The Kier molecular flexibility index (Phi) is 4.86. The molecule has 1 aromatic heterocycles. The van der Waals surface area contributed by atoms with E-state index in [9.17, 15) is 0 Å². The van der Waals surface area contributed by atoms with Crippen LogP contribution >= 0.6 is 0 Å². The molecule has 0 fully saturated rings. The van der Waals surface area contributed by atoms with Gasteiger partial charge < -0.3 is 9.88 Å². The summed E-state index contributed by atoms with van der Waals surface area (Å²) in [5, 5.41) is 3.61. The number of rotatable bonds is 7. The predicted octanol–water partition coefficient (Wildman–Crippen LogP) is 3.65. The number of hydrogen-bond acceptors (Lipinski definition) is 2. The van der Waals surface area contributed by atoms with Crippen LogP contribution in [0.4, 0.5) is 0 Å². The van der Waals surface area contributed by atoms with Gasteiger partial charge in [-0.2, -0.15) is 0 Å². The van der Waals surface area contributed by atoms with Gasteiger partial charge in [0, 0.05) is 19.1 Å². The van der Waals surface area contributed by atoms with Crippen LogP contribution < -0.4 is 5.32 Å². The standard InChI is InChI=1S/C19H23N3/c1-16(11-12-17-7-3-2-4-8-17)20-13-14-22-15-21-18-9-5-6-10-19(18)22/h2-10,15-16,20H,11-14H2,1H3/t16-/m1/s1. The monoisotopic (exact) mass is 293 g/mol. The van der Waals surface area contributed by atoms with Gasteiger partial charge in [0.2, 0.25) is 0 Å². The van der Waals surface area contributed by atoms with E-state index in [4.69, 9.17) is 0 Å². The summed E-state index contributed by atoms with van der Waals surface area (Å²) in [6, 6.07) is 19.5.